The molecule has 0 rings (SSSR count). The molecule has 0 saturated heterocycles. The Morgan fingerprint density at radius 2 is 0.753 bits per heavy atom. The van der Waals surface area contributed by atoms with Crippen LogP contribution in [0.4, 0.5) is 0 Å². The molecule has 3 unspecified atom stereocenters. The summed E-state index contributed by atoms with van der Waals surface area (Å²) in [5.41, 5.74) is 0. The number of phosphoric acid groups is 1. The topological polar surface area (TPSA) is 108 Å². The number of carbonyl (C=O) groups is 1. The standard InChI is InChI=1S/C72H127N2O6P/c1-6-8-10-12-14-16-18-20-22-24-26-27-28-29-30-31-32-33-34-35-36-37-38-39-40-41-42-43-44-45-46-47-48-50-52-54-56-58-60-62-64-66-72(76)73-70(69-80-81(77,78)79-68-67-74(3,4)5)71(75)65-63-61-59-57-55-53-51-49-25-23-21-19-17-15-13-11-9-7-2/h8,10,14,16,20,22,26-27,29-30,32-33,35-36,38-39,41-42,44-45,70-71,75H,6-7,9,11-13,15,17-19,21,23-25,28,31,34,37,40,43,46-69H2,1-5H3,(H-,73,76,77,78)/b10-8-,16-14-,22-20-,27-26-,30-29-,33-32-,36-35-,39-38-,42-41-,45-44-. The number of unbranched alkanes of at least 4 members (excludes halogenated alkanes) is 27. The van der Waals surface area contributed by atoms with E-state index in [1.165, 1.54) is 141 Å². The molecule has 0 aromatic carbocycles. The first-order valence-corrected chi connectivity index (χ1v) is 34.8. The summed E-state index contributed by atoms with van der Waals surface area (Å²) in [6.45, 7) is 4.62. The van der Waals surface area contributed by atoms with Gasteiger partial charge in [0.25, 0.3) is 7.82 Å². The number of allylic oxidation sites excluding steroid dienone is 20. The quantitative estimate of drug-likeness (QED) is 0.0272. The van der Waals surface area contributed by atoms with Crippen LogP contribution in [-0.2, 0) is 18.4 Å². The van der Waals surface area contributed by atoms with Gasteiger partial charge in [-0.1, -0.05) is 302 Å². The maximum absolute atomic E-state index is 13.0. The number of aliphatic hydroxyl groups is 1. The second-order valence-electron chi connectivity index (χ2n) is 23.4. The predicted molar refractivity (Wildman–Crippen MR) is 352 cm³/mol. The molecule has 0 aliphatic carbocycles. The van der Waals surface area contributed by atoms with Gasteiger partial charge < -0.3 is 28.8 Å². The average molecular weight is 1150 g/mol. The summed E-state index contributed by atoms with van der Waals surface area (Å²) in [6, 6.07) is -0.811. The molecular weight excluding hydrogens is 1020 g/mol. The number of phosphoric ester groups is 1. The smallest absolute Gasteiger partial charge is 0.268 e. The maximum atomic E-state index is 13.0. The van der Waals surface area contributed by atoms with Crippen LogP contribution in [0.2, 0.25) is 0 Å². The predicted octanol–water partition coefficient (Wildman–Crippen LogP) is 20.6. The van der Waals surface area contributed by atoms with Gasteiger partial charge in [-0.05, 0) is 89.9 Å². The lowest BCUT2D eigenvalue weighted by Crippen LogP contribution is -2.46. The van der Waals surface area contributed by atoms with Crippen molar-refractivity contribution in [3.63, 3.8) is 0 Å². The van der Waals surface area contributed by atoms with Gasteiger partial charge >= 0.3 is 0 Å². The highest BCUT2D eigenvalue weighted by Crippen LogP contribution is 2.38. The molecule has 0 saturated carbocycles. The molecule has 0 aliphatic heterocycles. The van der Waals surface area contributed by atoms with Crippen molar-refractivity contribution >= 4 is 13.7 Å². The largest absolute Gasteiger partial charge is 0.756 e. The third-order valence-electron chi connectivity index (χ3n) is 14.5. The Morgan fingerprint density at radius 3 is 1.10 bits per heavy atom. The summed E-state index contributed by atoms with van der Waals surface area (Å²) in [6.07, 6.45) is 91.1. The van der Waals surface area contributed by atoms with Gasteiger partial charge in [-0.15, -0.1) is 0 Å². The van der Waals surface area contributed by atoms with Gasteiger partial charge in [0.1, 0.15) is 13.2 Å². The number of rotatable bonds is 60. The Hall–Kier alpha value is -3.10. The molecule has 81 heavy (non-hydrogen) atoms. The van der Waals surface area contributed by atoms with Crippen molar-refractivity contribution in [3.8, 4) is 0 Å². The Balaban J connectivity index is 4.07. The molecule has 0 fully saturated rings. The van der Waals surface area contributed by atoms with Gasteiger partial charge in [-0.3, -0.25) is 9.36 Å². The Labute approximate surface area is 501 Å². The number of likely N-dealkylation sites (N-methyl/N-ethyl adjacent to an activating group) is 1. The van der Waals surface area contributed by atoms with Crippen molar-refractivity contribution < 1.29 is 32.9 Å². The zero-order valence-electron chi connectivity index (χ0n) is 53.2. The number of amides is 1. The second-order valence-corrected chi connectivity index (χ2v) is 24.9. The van der Waals surface area contributed by atoms with E-state index in [0.717, 1.165) is 109 Å². The molecule has 0 aliphatic rings. The summed E-state index contributed by atoms with van der Waals surface area (Å²) < 4.78 is 23.5. The number of carbonyl (C=O) groups excluding carboxylic acids is 1. The minimum absolute atomic E-state index is 0.00686. The molecule has 8 nitrogen and oxygen atoms in total. The minimum atomic E-state index is -4.58. The van der Waals surface area contributed by atoms with E-state index >= 15 is 0 Å². The van der Waals surface area contributed by atoms with E-state index < -0.39 is 20.0 Å². The molecule has 0 heterocycles. The summed E-state index contributed by atoms with van der Waals surface area (Å²) in [4.78, 5) is 25.6. The van der Waals surface area contributed by atoms with Crippen molar-refractivity contribution in [3.05, 3.63) is 122 Å². The highest BCUT2D eigenvalue weighted by Gasteiger charge is 2.24. The van der Waals surface area contributed by atoms with E-state index in [2.05, 4.69) is 141 Å². The van der Waals surface area contributed by atoms with Crippen LogP contribution in [-0.4, -0.2) is 68.5 Å². The molecule has 2 N–H and O–H groups in total. The molecule has 466 valence electrons. The average Bonchev–Trinajstić information content (AvgIpc) is 3.43. The van der Waals surface area contributed by atoms with Crippen molar-refractivity contribution in [2.24, 2.45) is 0 Å². The van der Waals surface area contributed by atoms with Crippen LogP contribution >= 0.6 is 7.82 Å². The van der Waals surface area contributed by atoms with Crippen LogP contribution in [0.5, 0.6) is 0 Å². The number of hydrogen-bond acceptors (Lipinski definition) is 6. The highest BCUT2D eigenvalue weighted by atomic mass is 31.2. The van der Waals surface area contributed by atoms with Crippen molar-refractivity contribution in [1.82, 2.24) is 5.32 Å². The first-order valence-electron chi connectivity index (χ1n) is 33.4. The van der Waals surface area contributed by atoms with E-state index in [4.69, 9.17) is 9.05 Å². The fourth-order valence-corrected chi connectivity index (χ4v) is 10.0. The molecule has 0 bridgehead atoms. The third kappa shape index (κ3) is 64.3. The molecule has 9 heteroatoms. The normalized spacial score (nSPS) is 14.5. The van der Waals surface area contributed by atoms with E-state index in [9.17, 15) is 19.4 Å². The maximum Gasteiger partial charge on any atom is 0.268 e. The van der Waals surface area contributed by atoms with Gasteiger partial charge in [0, 0.05) is 6.42 Å². The minimum Gasteiger partial charge on any atom is -0.756 e. The van der Waals surface area contributed by atoms with Gasteiger partial charge in [0.2, 0.25) is 5.91 Å². The molecule has 0 aromatic heterocycles. The first kappa shape index (κ1) is 77.9. The van der Waals surface area contributed by atoms with Gasteiger partial charge in [0.15, 0.2) is 0 Å². The summed E-state index contributed by atoms with van der Waals surface area (Å²) in [7, 11) is 1.29. The lowest BCUT2D eigenvalue weighted by Gasteiger charge is -2.30. The SMILES string of the molecule is CC/C=C\C/C=C\C/C=C\C/C=C\C/C=C\C/C=C\C/C=C\C/C=C\C/C=C\C/C=C\CCCCCCCCCCCCC(=O)NC(COP(=O)([O-])OCC[N+](C)(C)C)C(O)CCCCCCCCCCCCCCCCCCCC. The summed E-state index contributed by atoms with van der Waals surface area (Å²) in [5, 5.41) is 14.1. The van der Waals surface area contributed by atoms with Crippen molar-refractivity contribution in [2.75, 3.05) is 40.9 Å². The molecule has 0 aromatic rings. The van der Waals surface area contributed by atoms with Gasteiger partial charge in [-0.2, -0.15) is 0 Å². The fraction of sp³-hybridized carbons (Fsp3) is 0.708. The zero-order chi connectivity index (χ0) is 59.1. The van der Waals surface area contributed by atoms with Crippen LogP contribution in [0.3, 0.4) is 0 Å². The number of nitrogens with zero attached hydrogens (tertiary/aromatic N) is 1. The first-order chi connectivity index (χ1) is 39.5. The van der Waals surface area contributed by atoms with Crippen LogP contribution in [0, 0.1) is 0 Å². The number of nitrogens with one attached hydrogen (secondary N) is 1. The molecule has 1 amide bonds. The van der Waals surface area contributed by atoms with Crippen LogP contribution in [0.25, 0.3) is 0 Å². The lowest BCUT2D eigenvalue weighted by molar-refractivity contribution is -0.870. The lowest BCUT2D eigenvalue weighted by atomic mass is 10.0. The fourth-order valence-electron chi connectivity index (χ4n) is 9.31. The third-order valence-corrected chi connectivity index (χ3v) is 15.4. The Kier molecular flexibility index (Phi) is 59.1. The number of hydrogen-bond donors (Lipinski definition) is 2. The second kappa shape index (κ2) is 61.5. The monoisotopic (exact) mass is 1150 g/mol. The van der Waals surface area contributed by atoms with E-state index in [1.54, 1.807) is 0 Å². The molecule has 3 atom stereocenters. The summed E-state index contributed by atoms with van der Waals surface area (Å²) in [5.74, 6) is -0.172. The van der Waals surface area contributed by atoms with Gasteiger partial charge in [0.05, 0.1) is 39.9 Å². The van der Waals surface area contributed by atoms with Crippen LogP contribution in [0.15, 0.2) is 122 Å². The molecule has 0 spiro atoms. The summed E-state index contributed by atoms with van der Waals surface area (Å²) >= 11 is 0. The van der Waals surface area contributed by atoms with Crippen LogP contribution < -0.4 is 10.2 Å². The molecule has 0 radical (unpaired) electrons. The van der Waals surface area contributed by atoms with E-state index in [-0.39, 0.29) is 19.1 Å². The van der Waals surface area contributed by atoms with Crippen molar-refractivity contribution in [2.45, 2.75) is 289 Å². The van der Waals surface area contributed by atoms with Crippen molar-refractivity contribution in [1.29, 1.82) is 0 Å². The van der Waals surface area contributed by atoms with Gasteiger partial charge in [-0.25, -0.2) is 0 Å². The molecular formula is C72H127N2O6P. The van der Waals surface area contributed by atoms with E-state index in [0.29, 0.717) is 23.9 Å². The van der Waals surface area contributed by atoms with E-state index in [1.807, 2.05) is 21.1 Å². The Morgan fingerprint density at radius 1 is 0.444 bits per heavy atom. The number of aliphatic hydroxyl groups excluding tert-OH is 1. The van der Waals surface area contributed by atoms with Crippen LogP contribution in [0.1, 0.15) is 277 Å². The Bertz CT molecular complexity index is 1730. The number of quaternary nitrogens is 1. The highest BCUT2D eigenvalue weighted by molar-refractivity contribution is 7.45. The zero-order valence-corrected chi connectivity index (χ0v) is 54.1.